The first kappa shape index (κ1) is 21.0. The second kappa shape index (κ2) is 8.71. The molecule has 3 rings (SSSR count). The topological polar surface area (TPSA) is 66.9 Å². The lowest BCUT2D eigenvalue weighted by Gasteiger charge is -2.33. The molecule has 0 spiro atoms. The summed E-state index contributed by atoms with van der Waals surface area (Å²) in [4.78, 5) is 40.0. The van der Waals surface area contributed by atoms with Crippen LogP contribution in [0.2, 0.25) is 5.02 Å². The molecule has 0 bridgehead atoms. The quantitative estimate of drug-likeness (QED) is 0.550. The van der Waals surface area contributed by atoms with Gasteiger partial charge in [0.25, 0.3) is 0 Å². The minimum absolute atomic E-state index is 0.0610. The van der Waals surface area contributed by atoms with Crippen LogP contribution in [-0.2, 0) is 20.9 Å². The third kappa shape index (κ3) is 4.81. The second-order valence-corrected chi connectivity index (χ2v) is 7.40. The Labute approximate surface area is 172 Å². The van der Waals surface area contributed by atoms with Crippen LogP contribution in [0, 0.1) is 5.82 Å². The number of imide groups is 1. The number of rotatable bonds is 5. The first-order valence-electron chi connectivity index (χ1n) is 9.08. The zero-order chi connectivity index (χ0) is 21.1. The molecule has 0 atom stereocenters. The van der Waals surface area contributed by atoms with Gasteiger partial charge in [0.1, 0.15) is 5.82 Å². The highest BCUT2D eigenvalue weighted by Crippen LogP contribution is 2.29. The summed E-state index contributed by atoms with van der Waals surface area (Å²) in [7, 11) is 0. The maximum absolute atomic E-state index is 14.5. The van der Waals surface area contributed by atoms with Crippen LogP contribution in [0.25, 0.3) is 0 Å². The Balaban J connectivity index is 1.84. The van der Waals surface area contributed by atoms with Gasteiger partial charge in [-0.05, 0) is 31.5 Å². The zero-order valence-corrected chi connectivity index (χ0v) is 16.8. The fourth-order valence-electron chi connectivity index (χ4n) is 3.08. The van der Waals surface area contributed by atoms with Crippen molar-refractivity contribution in [2.45, 2.75) is 26.5 Å². The molecular weight excluding hydrogens is 399 g/mol. The second-order valence-electron chi connectivity index (χ2n) is 6.99. The molecule has 1 aliphatic rings. The maximum atomic E-state index is 14.5. The number of hydrogen-bond acceptors (Lipinski definition) is 5. The number of amides is 2. The van der Waals surface area contributed by atoms with Crippen LogP contribution >= 0.6 is 11.6 Å². The first-order valence-corrected chi connectivity index (χ1v) is 9.46. The molecule has 0 radical (unpaired) electrons. The summed E-state index contributed by atoms with van der Waals surface area (Å²) >= 11 is 5.97. The van der Waals surface area contributed by atoms with Crippen LogP contribution in [0.15, 0.2) is 42.5 Å². The average Bonchev–Trinajstić information content (AvgIpc) is 2.63. The SMILES string of the molecule is CC(C)OC(=O)c1cc(N2C(=O)CN(Cc3ccccc3)CC2=O)c(F)cc1Cl. The van der Waals surface area contributed by atoms with Crippen molar-refractivity contribution in [1.82, 2.24) is 4.90 Å². The van der Waals surface area contributed by atoms with Crippen molar-refractivity contribution >= 4 is 35.1 Å². The molecule has 0 aromatic heterocycles. The highest BCUT2D eigenvalue weighted by molar-refractivity contribution is 6.34. The van der Waals surface area contributed by atoms with Crippen LogP contribution < -0.4 is 4.90 Å². The van der Waals surface area contributed by atoms with Crippen LogP contribution in [0.4, 0.5) is 10.1 Å². The molecule has 29 heavy (non-hydrogen) atoms. The van der Waals surface area contributed by atoms with E-state index in [-0.39, 0.29) is 29.4 Å². The van der Waals surface area contributed by atoms with Gasteiger partial charge in [-0.3, -0.25) is 14.5 Å². The number of hydrogen-bond donors (Lipinski definition) is 0. The van der Waals surface area contributed by atoms with E-state index in [0.29, 0.717) is 6.54 Å². The van der Waals surface area contributed by atoms with E-state index in [1.54, 1.807) is 18.7 Å². The van der Waals surface area contributed by atoms with Crippen LogP contribution in [0.1, 0.15) is 29.8 Å². The number of ether oxygens (including phenoxy) is 1. The van der Waals surface area contributed by atoms with Gasteiger partial charge >= 0.3 is 5.97 Å². The number of nitrogens with zero attached hydrogens (tertiary/aromatic N) is 2. The third-order valence-electron chi connectivity index (χ3n) is 4.31. The minimum Gasteiger partial charge on any atom is -0.459 e. The highest BCUT2D eigenvalue weighted by atomic mass is 35.5. The van der Waals surface area contributed by atoms with Gasteiger partial charge < -0.3 is 4.74 Å². The molecule has 0 N–H and O–H groups in total. The highest BCUT2D eigenvalue weighted by Gasteiger charge is 2.34. The van der Waals surface area contributed by atoms with E-state index in [0.717, 1.165) is 22.6 Å². The Morgan fingerprint density at radius 3 is 2.34 bits per heavy atom. The summed E-state index contributed by atoms with van der Waals surface area (Å²) in [6.07, 6.45) is -0.406. The van der Waals surface area contributed by atoms with E-state index >= 15 is 0 Å². The standard InChI is InChI=1S/C21H20ClFN2O4/c1-13(2)29-21(28)15-8-18(17(23)9-16(15)22)25-19(26)11-24(12-20(25)27)10-14-6-4-3-5-7-14/h3-9,13H,10-12H2,1-2H3. The van der Waals surface area contributed by atoms with Crippen molar-refractivity contribution in [3.05, 3.63) is 64.4 Å². The summed E-state index contributed by atoms with van der Waals surface area (Å²) in [5.74, 6) is -2.79. The Kier molecular flexibility index (Phi) is 6.30. The molecule has 2 amide bonds. The molecule has 1 heterocycles. The summed E-state index contributed by atoms with van der Waals surface area (Å²) in [6.45, 7) is 3.62. The lowest BCUT2D eigenvalue weighted by atomic mass is 10.1. The number of benzene rings is 2. The van der Waals surface area contributed by atoms with Gasteiger partial charge in [0, 0.05) is 6.54 Å². The molecule has 0 saturated carbocycles. The Morgan fingerprint density at radius 1 is 1.14 bits per heavy atom. The van der Waals surface area contributed by atoms with Gasteiger partial charge in [-0.1, -0.05) is 41.9 Å². The van der Waals surface area contributed by atoms with Crippen molar-refractivity contribution in [3.8, 4) is 0 Å². The lowest BCUT2D eigenvalue weighted by Crippen LogP contribution is -2.54. The average molecular weight is 419 g/mol. The van der Waals surface area contributed by atoms with Crippen molar-refractivity contribution in [2.24, 2.45) is 0 Å². The molecule has 8 heteroatoms. The summed E-state index contributed by atoms with van der Waals surface area (Å²) in [6, 6.07) is 11.4. The van der Waals surface area contributed by atoms with E-state index in [2.05, 4.69) is 0 Å². The zero-order valence-electron chi connectivity index (χ0n) is 16.0. The smallest absolute Gasteiger partial charge is 0.339 e. The molecule has 1 fully saturated rings. The Bertz CT molecular complexity index is 931. The molecule has 2 aromatic carbocycles. The lowest BCUT2D eigenvalue weighted by molar-refractivity contribution is -0.132. The normalized spacial score (nSPS) is 15.1. The van der Waals surface area contributed by atoms with E-state index < -0.39 is 29.7 Å². The minimum atomic E-state index is -0.866. The number of carbonyl (C=O) groups excluding carboxylic acids is 3. The van der Waals surface area contributed by atoms with E-state index in [9.17, 15) is 18.8 Å². The molecule has 2 aromatic rings. The van der Waals surface area contributed by atoms with Gasteiger partial charge in [-0.25, -0.2) is 14.1 Å². The fourth-order valence-corrected chi connectivity index (χ4v) is 3.31. The first-order chi connectivity index (χ1) is 13.8. The molecular formula is C21H20ClFN2O4. The molecule has 0 unspecified atom stereocenters. The fraction of sp³-hybridized carbons (Fsp3) is 0.286. The summed E-state index contributed by atoms with van der Waals surface area (Å²) < 4.78 is 19.6. The van der Waals surface area contributed by atoms with Crippen molar-refractivity contribution in [3.63, 3.8) is 0 Å². The van der Waals surface area contributed by atoms with Crippen LogP contribution in [0.5, 0.6) is 0 Å². The Morgan fingerprint density at radius 2 is 1.76 bits per heavy atom. The number of halogens is 2. The predicted octanol–water partition coefficient (Wildman–Crippen LogP) is 3.42. The van der Waals surface area contributed by atoms with Gasteiger partial charge in [-0.15, -0.1) is 0 Å². The van der Waals surface area contributed by atoms with Crippen molar-refractivity contribution < 1.29 is 23.5 Å². The van der Waals surface area contributed by atoms with E-state index in [1.807, 2.05) is 30.3 Å². The third-order valence-corrected chi connectivity index (χ3v) is 4.62. The predicted molar refractivity (Wildman–Crippen MR) is 106 cm³/mol. The van der Waals surface area contributed by atoms with Gasteiger partial charge in [0.05, 0.1) is 35.5 Å². The number of anilines is 1. The molecule has 6 nitrogen and oxygen atoms in total. The van der Waals surface area contributed by atoms with Crippen molar-refractivity contribution in [1.29, 1.82) is 0 Å². The Hall–Kier alpha value is -2.77. The van der Waals surface area contributed by atoms with Gasteiger partial charge in [0.2, 0.25) is 11.8 Å². The number of carbonyl (C=O) groups is 3. The summed E-state index contributed by atoms with van der Waals surface area (Å²) in [5, 5.41) is -0.153. The van der Waals surface area contributed by atoms with Crippen LogP contribution in [-0.4, -0.2) is 41.9 Å². The summed E-state index contributed by atoms with van der Waals surface area (Å²) in [5.41, 5.74) is 0.543. The monoisotopic (exact) mass is 418 g/mol. The molecule has 1 saturated heterocycles. The number of esters is 1. The van der Waals surface area contributed by atoms with Crippen LogP contribution in [0.3, 0.4) is 0 Å². The molecule has 0 aliphatic carbocycles. The largest absolute Gasteiger partial charge is 0.459 e. The molecule has 1 aliphatic heterocycles. The van der Waals surface area contributed by atoms with E-state index in [1.165, 1.54) is 0 Å². The molecule has 152 valence electrons. The van der Waals surface area contributed by atoms with Crippen molar-refractivity contribution in [2.75, 3.05) is 18.0 Å². The van der Waals surface area contributed by atoms with Gasteiger partial charge in [-0.2, -0.15) is 0 Å². The maximum Gasteiger partial charge on any atom is 0.339 e. The van der Waals surface area contributed by atoms with E-state index in [4.69, 9.17) is 16.3 Å². The van der Waals surface area contributed by atoms with Gasteiger partial charge in [0.15, 0.2) is 0 Å². The number of piperazine rings is 1.